The number of carbonyl (C=O) groups excluding carboxylic acids is 2. The van der Waals surface area contributed by atoms with E-state index in [1.165, 1.54) is 30.2 Å². The van der Waals surface area contributed by atoms with Crippen molar-refractivity contribution in [1.29, 1.82) is 0 Å². The van der Waals surface area contributed by atoms with E-state index in [1.807, 2.05) is 25.1 Å². The molecule has 4 fully saturated rings. The van der Waals surface area contributed by atoms with Crippen LogP contribution in [0.3, 0.4) is 0 Å². The lowest BCUT2D eigenvalue weighted by Gasteiger charge is -2.61. The molecule has 0 aromatic heterocycles. The maximum absolute atomic E-state index is 13.5. The average molecular weight is 540 g/mol. The quantitative estimate of drug-likeness (QED) is 0.242. The van der Waals surface area contributed by atoms with Gasteiger partial charge in [0.15, 0.2) is 0 Å². The summed E-state index contributed by atoms with van der Waals surface area (Å²) in [4.78, 5) is 28.0. The minimum Gasteiger partial charge on any atom is -0.461 e. The first kappa shape index (κ1) is 27.9. The summed E-state index contributed by atoms with van der Waals surface area (Å²) in [6, 6.07) is 9.00. The fourth-order valence-electron chi connectivity index (χ4n) is 8.13. The molecular formula is C32H45NO4S. The number of rotatable bonds is 8. The molecule has 38 heavy (non-hydrogen) atoms. The van der Waals surface area contributed by atoms with Gasteiger partial charge in [-0.15, -0.1) is 18.3 Å². The fourth-order valence-corrected chi connectivity index (χ4v) is 8.89. The van der Waals surface area contributed by atoms with E-state index in [0.717, 1.165) is 30.7 Å². The van der Waals surface area contributed by atoms with Crippen LogP contribution < -0.4 is 5.32 Å². The molecule has 3 unspecified atom stereocenters. The van der Waals surface area contributed by atoms with E-state index in [4.69, 9.17) is 4.74 Å². The SMILES string of the molecule is C=C[C@]1(C)C[C@@H](OC(=O)CSc2cccc(CNC3CC3)c2)[C@]2(C)C(C)CCC3(CCC(=O)C32)[C@@H](C)[C@@H]1O. The summed E-state index contributed by atoms with van der Waals surface area (Å²) >= 11 is 1.50. The smallest absolute Gasteiger partial charge is 0.316 e. The van der Waals surface area contributed by atoms with Crippen LogP contribution in [0.2, 0.25) is 0 Å². The molecule has 6 heteroatoms. The molecule has 1 aromatic rings. The molecule has 208 valence electrons. The van der Waals surface area contributed by atoms with Gasteiger partial charge < -0.3 is 15.2 Å². The summed E-state index contributed by atoms with van der Waals surface area (Å²) in [5, 5.41) is 15.2. The van der Waals surface area contributed by atoms with Gasteiger partial charge in [-0.1, -0.05) is 45.9 Å². The lowest BCUT2D eigenvalue weighted by atomic mass is 9.44. The fraction of sp³-hybridized carbons (Fsp3) is 0.688. The van der Waals surface area contributed by atoms with Crippen LogP contribution >= 0.6 is 11.8 Å². The van der Waals surface area contributed by atoms with Crippen molar-refractivity contribution < 1.29 is 19.4 Å². The zero-order chi connectivity index (χ0) is 27.3. The molecule has 0 saturated heterocycles. The normalized spacial score (nSPS) is 40.7. The third-order valence-corrected chi connectivity index (χ3v) is 12.0. The number of benzene rings is 1. The molecule has 2 bridgehead atoms. The van der Waals surface area contributed by atoms with Crippen molar-refractivity contribution in [2.75, 3.05) is 5.75 Å². The number of hydrogen-bond acceptors (Lipinski definition) is 6. The van der Waals surface area contributed by atoms with E-state index in [1.54, 1.807) is 0 Å². The summed E-state index contributed by atoms with van der Waals surface area (Å²) in [6.07, 6.45) is 7.01. The third-order valence-electron chi connectivity index (χ3n) is 11.0. The van der Waals surface area contributed by atoms with Gasteiger partial charge in [-0.2, -0.15) is 0 Å². The topological polar surface area (TPSA) is 75.6 Å². The Kier molecular flexibility index (Phi) is 7.64. The van der Waals surface area contributed by atoms with Crippen LogP contribution in [0.15, 0.2) is 41.8 Å². The van der Waals surface area contributed by atoms with Gasteiger partial charge in [0, 0.05) is 40.7 Å². The van der Waals surface area contributed by atoms with Crippen LogP contribution in [0.1, 0.15) is 78.2 Å². The third kappa shape index (κ3) is 4.79. The Morgan fingerprint density at radius 1 is 1.24 bits per heavy atom. The van der Waals surface area contributed by atoms with E-state index in [0.29, 0.717) is 18.9 Å². The molecule has 4 saturated carbocycles. The average Bonchev–Trinajstić information content (AvgIpc) is 3.68. The van der Waals surface area contributed by atoms with Crippen molar-refractivity contribution in [1.82, 2.24) is 5.32 Å². The number of esters is 1. The van der Waals surface area contributed by atoms with Crippen molar-refractivity contribution in [2.45, 2.75) is 102 Å². The van der Waals surface area contributed by atoms with Crippen molar-refractivity contribution in [2.24, 2.45) is 34.0 Å². The van der Waals surface area contributed by atoms with E-state index in [9.17, 15) is 14.7 Å². The Morgan fingerprint density at radius 3 is 2.71 bits per heavy atom. The van der Waals surface area contributed by atoms with E-state index < -0.39 is 23.0 Å². The molecule has 2 N–H and O–H groups in total. The second kappa shape index (κ2) is 10.4. The molecular weight excluding hydrogens is 494 g/mol. The predicted octanol–water partition coefficient (Wildman–Crippen LogP) is 5.94. The van der Waals surface area contributed by atoms with Crippen LogP contribution in [-0.4, -0.2) is 40.9 Å². The number of aliphatic hydroxyl groups excluding tert-OH is 1. The minimum absolute atomic E-state index is 0.0253. The second-order valence-corrected chi connectivity index (χ2v) is 14.2. The molecule has 0 radical (unpaired) electrons. The highest BCUT2D eigenvalue weighted by atomic mass is 32.2. The van der Waals surface area contributed by atoms with E-state index in [2.05, 4.69) is 44.8 Å². The number of Topliss-reactive ketones (excluding diaryl/α,β-unsaturated/α-hetero) is 1. The largest absolute Gasteiger partial charge is 0.461 e. The minimum atomic E-state index is -0.645. The van der Waals surface area contributed by atoms with Crippen molar-refractivity contribution in [3.8, 4) is 0 Å². The Labute approximate surface area is 232 Å². The van der Waals surface area contributed by atoms with Gasteiger partial charge >= 0.3 is 5.97 Å². The van der Waals surface area contributed by atoms with E-state index >= 15 is 0 Å². The number of nitrogens with one attached hydrogen (secondary N) is 1. The molecule has 1 aromatic carbocycles. The molecule has 8 atom stereocenters. The predicted molar refractivity (Wildman–Crippen MR) is 152 cm³/mol. The van der Waals surface area contributed by atoms with Crippen molar-refractivity contribution in [3.63, 3.8) is 0 Å². The zero-order valence-corrected chi connectivity index (χ0v) is 24.3. The van der Waals surface area contributed by atoms with Gasteiger partial charge in [-0.25, -0.2) is 0 Å². The molecule has 4 aliphatic carbocycles. The Bertz CT molecular complexity index is 1090. The van der Waals surface area contributed by atoms with Crippen LogP contribution in [0.4, 0.5) is 0 Å². The van der Waals surface area contributed by atoms with Crippen LogP contribution in [-0.2, 0) is 20.9 Å². The summed E-state index contributed by atoms with van der Waals surface area (Å²) in [6.45, 7) is 13.5. The van der Waals surface area contributed by atoms with Gasteiger partial charge in [0.05, 0.1) is 11.9 Å². The molecule has 4 aliphatic rings. The van der Waals surface area contributed by atoms with Crippen LogP contribution in [0.25, 0.3) is 0 Å². The maximum atomic E-state index is 13.5. The van der Waals surface area contributed by atoms with Crippen LogP contribution in [0, 0.1) is 34.0 Å². The molecule has 0 aliphatic heterocycles. The first-order chi connectivity index (χ1) is 18.0. The standard InChI is InChI=1S/C32H45NO4S/c1-6-30(4)17-26(37-27(35)19-38-24-9-7-8-22(16-24)18-33-23-10-11-23)31(5)20(2)12-14-32(21(3)29(30)36)15-13-25(34)28(31)32/h6-9,16,20-21,23,26,28-29,33,36H,1,10-15,17-19H2,2-5H3/t20?,21-,26+,28?,29-,30+,31-,32?/m0/s1. The lowest BCUT2D eigenvalue weighted by Crippen LogP contribution is -2.63. The van der Waals surface area contributed by atoms with Gasteiger partial charge in [0.25, 0.3) is 0 Å². The highest BCUT2D eigenvalue weighted by molar-refractivity contribution is 8.00. The monoisotopic (exact) mass is 539 g/mol. The Balaban J connectivity index is 1.37. The highest BCUT2D eigenvalue weighted by Crippen LogP contribution is 2.68. The molecule has 5 rings (SSSR count). The van der Waals surface area contributed by atoms with Crippen molar-refractivity contribution in [3.05, 3.63) is 42.5 Å². The summed E-state index contributed by atoms with van der Waals surface area (Å²) < 4.78 is 6.38. The number of carbonyl (C=O) groups is 2. The molecule has 0 amide bonds. The van der Waals surface area contributed by atoms with Gasteiger partial charge in [0.2, 0.25) is 0 Å². The molecule has 5 nitrogen and oxygen atoms in total. The Morgan fingerprint density at radius 2 is 2.00 bits per heavy atom. The summed E-state index contributed by atoms with van der Waals surface area (Å²) in [5.41, 5.74) is -0.113. The highest BCUT2D eigenvalue weighted by Gasteiger charge is 2.68. The Hall–Kier alpha value is -1.63. The van der Waals surface area contributed by atoms with Gasteiger partial charge in [-0.05, 0) is 73.5 Å². The zero-order valence-electron chi connectivity index (χ0n) is 23.5. The number of aliphatic hydroxyl groups is 1. The molecule has 0 heterocycles. The second-order valence-electron chi connectivity index (χ2n) is 13.2. The first-order valence-electron chi connectivity index (χ1n) is 14.5. The number of ketones is 1. The van der Waals surface area contributed by atoms with Gasteiger partial charge in [-0.3, -0.25) is 9.59 Å². The summed E-state index contributed by atoms with van der Waals surface area (Å²) in [7, 11) is 0. The molecule has 0 spiro atoms. The number of ether oxygens (including phenoxy) is 1. The number of thioether (sulfide) groups is 1. The first-order valence-corrected chi connectivity index (χ1v) is 15.5. The van der Waals surface area contributed by atoms with Crippen molar-refractivity contribution >= 4 is 23.5 Å². The van der Waals surface area contributed by atoms with Crippen LogP contribution in [0.5, 0.6) is 0 Å². The summed E-state index contributed by atoms with van der Waals surface area (Å²) in [5.74, 6) is 0.258. The maximum Gasteiger partial charge on any atom is 0.316 e. The lowest BCUT2D eigenvalue weighted by molar-refractivity contribution is -0.205. The van der Waals surface area contributed by atoms with Gasteiger partial charge in [0.1, 0.15) is 11.9 Å². The number of hydrogen-bond donors (Lipinski definition) is 2. The van der Waals surface area contributed by atoms with E-state index in [-0.39, 0.29) is 40.7 Å².